The molecular weight excluding hydrogens is 278 g/mol. The summed E-state index contributed by atoms with van der Waals surface area (Å²) in [6, 6.07) is 6.70. The highest BCUT2D eigenvalue weighted by Gasteiger charge is 2.16. The van der Waals surface area contributed by atoms with Crippen molar-refractivity contribution in [1.29, 1.82) is 0 Å². The fourth-order valence-electron chi connectivity index (χ4n) is 2.41. The maximum Gasteiger partial charge on any atom is 0.137 e. The van der Waals surface area contributed by atoms with Crippen LogP contribution < -0.4 is 5.32 Å². The molecule has 0 unspecified atom stereocenters. The topological polar surface area (TPSA) is 37.8 Å². The predicted octanol–water partition coefficient (Wildman–Crippen LogP) is 3.75. The van der Waals surface area contributed by atoms with Crippen molar-refractivity contribution in [3.05, 3.63) is 29.0 Å². The maximum absolute atomic E-state index is 4.36. The van der Waals surface area contributed by atoms with E-state index in [2.05, 4.69) is 37.3 Å². The van der Waals surface area contributed by atoms with E-state index in [1.165, 1.54) is 25.7 Å². The molecule has 88 valence electrons. The van der Waals surface area contributed by atoms with Crippen LogP contribution >= 0.6 is 15.9 Å². The Bertz CT molecular complexity index is 535. The zero-order chi connectivity index (χ0) is 11.7. The standard InChI is InChI=1S/C13H14BrN3/c14-9-5-6-11-12(7-9)15-8-16-13(11)17-10-3-1-2-4-10/h5-8,10H,1-4H2,(H,15,16,17). The van der Waals surface area contributed by atoms with Crippen LogP contribution in [-0.4, -0.2) is 16.0 Å². The minimum absolute atomic E-state index is 0.580. The van der Waals surface area contributed by atoms with Crippen molar-refractivity contribution in [2.75, 3.05) is 5.32 Å². The number of rotatable bonds is 2. The van der Waals surface area contributed by atoms with Gasteiger partial charge in [-0.15, -0.1) is 0 Å². The van der Waals surface area contributed by atoms with E-state index in [0.29, 0.717) is 6.04 Å². The molecule has 3 rings (SSSR count). The molecule has 1 aliphatic rings. The van der Waals surface area contributed by atoms with Crippen LogP contribution in [0.2, 0.25) is 0 Å². The summed E-state index contributed by atoms with van der Waals surface area (Å²) in [7, 11) is 0. The summed E-state index contributed by atoms with van der Waals surface area (Å²) >= 11 is 3.46. The Morgan fingerprint density at radius 3 is 2.82 bits per heavy atom. The average molecular weight is 292 g/mol. The van der Waals surface area contributed by atoms with Crippen molar-refractivity contribution in [2.24, 2.45) is 0 Å². The highest BCUT2D eigenvalue weighted by Crippen LogP contribution is 2.26. The van der Waals surface area contributed by atoms with E-state index in [4.69, 9.17) is 0 Å². The Balaban J connectivity index is 1.97. The summed E-state index contributed by atoms with van der Waals surface area (Å²) in [6.07, 6.45) is 6.79. The highest BCUT2D eigenvalue weighted by atomic mass is 79.9. The van der Waals surface area contributed by atoms with Gasteiger partial charge in [0.05, 0.1) is 5.52 Å². The number of benzene rings is 1. The van der Waals surface area contributed by atoms with Gasteiger partial charge >= 0.3 is 0 Å². The van der Waals surface area contributed by atoms with Crippen LogP contribution in [0.1, 0.15) is 25.7 Å². The molecule has 3 nitrogen and oxygen atoms in total. The lowest BCUT2D eigenvalue weighted by Gasteiger charge is -2.14. The van der Waals surface area contributed by atoms with Gasteiger partial charge in [-0.05, 0) is 31.0 Å². The van der Waals surface area contributed by atoms with Gasteiger partial charge in [0, 0.05) is 15.9 Å². The van der Waals surface area contributed by atoms with E-state index in [-0.39, 0.29) is 0 Å². The summed E-state index contributed by atoms with van der Waals surface area (Å²) < 4.78 is 1.05. The number of hydrogen-bond donors (Lipinski definition) is 1. The zero-order valence-corrected chi connectivity index (χ0v) is 11.1. The lowest BCUT2D eigenvalue weighted by Crippen LogP contribution is -2.15. The van der Waals surface area contributed by atoms with Crippen molar-refractivity contribution in [3.63, 3.8) is 0 Å². The fourth-order valence-corrected chi connectivity index (χ4v) is 2.76. The first kappa shape index (κ1) is 11.0. The molecule has 0 aliphatic heterocycles. The maximum atomic E-state index is 4.36. The van der Waals surface area contributed by atoms with Gasteiger partial charge in [0.2, 0.25) is 0 Å². The Kier molecular flexibility index (Phi) is 2.97. The third-order valence-corrected chi connectivity index (χ3v) is 3.79. The van der Waals surface area contributed by atoms with E-state index in [1.807, 2.05) is 12.1 Å². The molecule has 0 spiro atoms. The first-order chi connectivity index (χ1) is 8.33. The number of nitrogens with one attached hydrogen (secondary N) is 1. The smallest absolute Gasteiger partial charge is 0.137 e. The Hall–Kier alpha value is -1.16. The monoisotopic (exact) mass is 291 g/mol. The van der Waals surface area contributed by atoms with Crippen molar-refractivity contribution >= 4 is 32.7 Å². The minimum atomic E-state index is 0.580. The molecule has 1 N–H and O–H groups in total. The first-order valence-electron chi connectivity index (χ1n) is 6.00. The van der Waals surface area contributed by atoms with E-state index in [1.54, 1.807) is 6.33 Å². The summed E-state index contributed by atoms with van der Waals surface area (Å²) in [6.45, 7) is 0. The Morgan fingerprint density at radius 1 is 1.18 bits per heavy atom. The predicted molar refractivity (Wildman–Crippen MR) is 73.1 cm³/mol. The molecule has 0 saturated heterocycles. The van der Waals surface area contributed by atoms with Crippen molar-refractivity contribution < 1.29 is 0 Å². The van der Waals surface area contributed by atoms with Gasteiger partial charge in [-0.3, -0.25) is 0 Å². The molecule has 17 heavy (non-hydrogen) atoms. The number of aromatic nitrogens is 2. The molecule has 1 aromatic heterocycles. The molecule has 4 heteroatoms. The van der Waals surface area contributed by atoms with Crippen molar-refractivity contribution in [2.45, 2.75) is 31.7 Å². The van der Waals surface area contributed by atoms with Gasteiger partial charge in [-0.1, -0.05) is 28.8 Å². The van der Waals surface area contributed by atoms with Gasteiger partial charge in [-0.25, -0.2) is 9.97 Å². The van der Waals surface area contributed by atoms with E-state index in [9.17, 15) is 0 Å². The minimum Gasteiger partial charge on any atom is -0.367 e. The summed E-state index contributed by atoms with van der Waals surface area (Å²) in [5, 5.41) is 4.64. The number of halogens is 1. The van der Waals surface area contributed by atoms with Crippen molar-refractivity contribution in [3.8, 4) is 0 Å². The van der Waals surface area contributed by atoms with Gasteiger partial charge in [0.15, 0.2) is 0 Å². The van der Waals surface area contributed by atoms with Crippen LogP contribution in [0.15, 0.2) is 29.0 Å². The molecule has 1 heterocycles. The Morgan fingerprint density at radius 2 is 2.00 bits per heavy atom. The summed E-state index contributed by atoms with van der Waals surface area (Å²) in [5.41, 5.74) is 0.981. The molecule has 1 aliphatic carbocycles. The lowest BCUT2D eigenvalue weighted by molar-refractivity contribution is 0.751. The van der Waals surface area contributed by atoms with Crippen LogP contribution in [-0.2, 0) is 0 Å². The van der Waals surface area contributed by atoms with E-state index >= 15 is 0 Å². The van der Waals surface area contributed by atoms with Gasteiger partial charge < -0.3 is 5.32 Å². The van der Waals surface area contributed by atoms with Crippen LogP contribution in [0.4, 0.5) is 5.82 Å². The number of fused-ring (bicyclic) bond motifs is 1. The third kappa shape index (κ3) is 2.27. The second-order valence-electron chi connectivity index (χ2n) is 4.51. The Labute approximate surface area is 109 Å². The lowest BCUT2D eigenvalue weighted by atomic mass is 10.2. The van der Waals surface area contributed by atoms with Gasteiger partial charge in [0.1, 0.15) is 12.1 Å². The molecule has 2 aromatic rings. The molecule has 1 aromatic carbocycles. The van der Waals surface area contributed by atoms with E-state index < -0.39 is 0 Å². The number of hydrogen-bond acceptors (Lipinski definition) is 3. The van der Waals surface area contributed by atoms with Crippen LogP contribution in [0, 0.1) is 0 Å². The normalized spacial score (nSPS) is 16.5. The van der Waals surface area contributed by atoms with Crippen LogP contribution in [0.25, 0.3) is 10.9 Å². The zero-order valence-electron chi connectivity index (χ0n) is 9.49. The van der Waals surface area contributed by atoms with Gasteiger partial charge in [0.25, 0.3) is 0 Å². The third-order valence-electron chi connectivity index (χ3n) is 3.29. The first-order valence-corrected chi connectivity index (χ1v) is 6.79. The van der Waals surface area contributed by atoms with Crippen LogP contribution in [0.5, 0.6) is 0 Å². The second-order valence-corrected chi connectivity index (χ2v) is 5.43. The molecule has 0 amide bonds. The number of anilines is 1. The molecule has 0 bridgehead atoms. The van der Waals surface area contributed by atoms with E-state index in [0.717, 1.165) is 21.2 Å². The van der Waals surface area contributed by atoms with Gasteiger partial charge in [-0.2, -0.15) is 0 Å². The highest BCUT2D eigenvalue weighted by molar-refractivity contribution is 9.10. The molecular formula is C13H14BrN3. The molecule has 1 fully saturated rings. The SMILES string of the molecule is Brc1ccc2c(NC3CCCC3)ncnc2c1. The van der Waals surface area contributed by atoms with Crippen molar-refractivity contribution in [1.82, 2.24) is 9.97 Å². The molecule has 0 radical (unpaired) electrons. The quantitative estimate of drug-likeness (QED) is 0.916. The molecule has 1 saturated carbocycles. The van der Waals surface area contributed by atoms with Crippen LogP contribution in [0.3, 0.4) is 0 Å². The average Bonchev–Trinajstić information content (AvgIpc) is 2.82. The largest absolute Gasteiger partial charge is 0.367 e. The number of nitrogens with zero attached hydrogens (tertiary/aromatic N) is 2. The molecule has 0 atom stereocenters. The summed E-state index contributed by atoms with van der Waals surface area (Å²) in [4.78, 5) is 8.66. The fraction of sp³-hybridized carbons (Fsp3) is 0.385. The summed E-state index contributed by atoms with van der Waals surface area (Å²) in [5.74, 6) is 0.967. The second kappa shape index (κ2) is 4.61.